The van der Waals surface area contributed by atoms with E-state index in [4.69, 9.17) is 4.74 Å². The number of para-hydroxylation sites is 1. The van der Waals surface area contributed by atoms with E-state index >= 15 is 0 Å². The molecule has 0 aromatic heterocycles. The lowest BCUT2D eigenvalue weighted by molar-refractivity contribution is -0.120. The standard InChI is InChI=1S/C24H27N3O3/c1-16-9-10-18(15-17(16)2)27-23(28)21(19-7-5-6-8-20(19)30-4)22(24(27)29)26-13-11-25(3)12-14-26/h5-10,15H,11-14H2,1-4H3. The fourth-order valence-electron chi connectivity index (χ4n) is 4.03. The Morgan fingerprint density at radius 2 is 1.57 bits per heavy atom. The van der Waals surface area contributed by atoms with Crippen molar-refractivity contribution >= 4 is 23.1 Å². The van der Waals surface area contributed by atoms with Crippen LogP contribution in [0.2, 0.25) is 0 Å². The molecule has 0 atom stereocenters. The first-order valence-electron chi connectivity index (χ1n) is 10.2. The average Bonchev–Trinajstić information content (AvgIpc) is 3.00. The number of nitrogens with zero attached hydrogens (tertiary/aromatic N) is 3. The van der Waals surface area contributed by atoms with E-state index in [-0.39, 0.29) is 11.8 Å². The van der Waals surface area contributed by atoms with Gasteiger partial charge in [-0.1, -0.05) is 24.3 Å². The van der Waals surface area contributed by atoms with Gasteiger partial charge in [0.25, 0.3) is 11.8 Å². The van der Waals surface area contributed by atoms with Crippen LogP contribution in [-0.4, -0.2) is 62.0 Å². The summed E-state index contributed by atoms with van der Waals surface area (Å²) in [7, 11) is 3.65. The smallest absolute Gasteiger partial charge is 0.282 e. The zero-order chi connectivity index (χ0) is 21.4. The molecule has 6 nitrogen and oxygen atoms in total. The molecule has 2 aliphatic heterocycles. The summed E-state index contributed by atoms with van der Waals surface area (Å²) >= 11 is 0. The fraction of sp³-hybridized carbons (Fsp3) is 0.333. The number of rotatable bonds is 4. The number of aryl methyl sites for hydroxylation is 2. The molecule has 0 N–H and O–H groups in total. The Kier molecular flexibility index (Phi) is 5.35. The summed E-state index contributed by atoms with van der Waals surface area (Å²) in [5, 5.41) is 0. The van der Waals surface area contributed by atoms with Gasteiger partial charge >= 0.3 is 0 Å². The van der Waals surface area contributed by atoms with E-state index in [2.05, 4.69) is 11.9 Å². The summed E-state index contributed by atoms with van der Waals surface area (Å²) in [5.41, 5.74) is 4.30. The monoisotopic (exact) mass is 405 g/mol. The van der Waals surface area contributed by atoms with Gasteiger partial charge in [-0.05, 0) is 50.2 Å². The lowest BCUT2D eigenvalue weighted by Gasteiger charge is -2.34. The van der Waals surface area contributed by atoms with Crippen LogP contribution in [-0.2, 0) is 9.59 Å². The Balaban J connectivity index is 1.85. The largest absolute Gasteiger partial charge is 0.496 e. The van der Waals surface area contributed by atoms with Gasteiger partial charge in [0.1, 0.15) is 11.4 Å². The van der Waals surface area contributed by atoms with Gasteiger partial charge < -0.3 is 14.5 Å². The van der Waals surface area contributed by atoms with Crippen LogP contribution < -0.4 is 9.64 Å². The van der Waals surface area contributed by atoms with E-state index in [1.807, 2.05) is 61.2 Å². The SMILES string of the molecule is COc1ccccc1C1=C(N2CCN(C)CC2)C(=O)N(c2ccc(C)c(C)c2)C1=O. The van der Waals surface area contributed by atoms with Crippen molar-refractivity contribution < 1.29 is 14.3 Å². The van der Waals surface area contributed by atoms with E-state index in [9.17, 15) is 9.59 Å². The van der Waals surface area contributed by atoms with Crippen molar-refractivity contribution in [2.45, 2.75) is 13.8 Å². The summed E-state index contributed by atoms with van der Waals surface area (Å²) in [4.78, 5) is 32.9. The van der Waals surface area contributed by atoms with Crippen LogP contribution in [0.1, 0.15) is 16.7 Å². The molecule has 1 fully saturated rings. The molecule has 0 aliphatic carbocycles. The number of hydrogen-bond donors (Lipinski definition) is 0. The van der Waals surface area contributed by atoms with E-state index in [0.717, 1.165) is 24.2 Å². The van der Waals surface area contributed by atoms with Crippen LogP contribution in [0.5, 0.6) is 5.75 Å². The van der Waals surface area contributed by atoms with Crippen LogP contribution in [0.25, 0.3) is 5.57 Å². The lowest BCUT2D eigenvalue weighted by atomic mass is 10.0. The molecule has 0 spiro atoms. The Morgan fingerprint density at radius 1 is 0.867 bits per heavy atom. The van der Waals surface area contributed by atoms with Crippen molar-refractivity contribution in [3.63, 3.8) is 0 Å². The van der Waals surface area contributed by atoms with Gasteiger partial charge in [0.15, 0.2) is 0 Å². The maximum absolute atomic E-state index is 13.7. The Labute approximate surface area is 177 Å². The molecule has 2 aromatic carbocycles. The van der Waals surface area contributed by atoms with Crippen LogP contribution in [0.4, 0.5) is 5.69 Å². The third kappa shape index (κ3) is 3.37. The zero-order valence-electron chi connectivity index (χ0n) is 17.9. The highest BCUT2D eigenvalue weighted by atomic mass is 16.5. The minimum atomic E-state index is -0.304. The van der Waals surface area contributed by atoms with Crippen molar-refractivity contribution in [1.29, 1.82) is 0 Å². The van der Waals surface area contributed by atoms with Crippen LogP contribution >= 0.6 is 0 Å². The number of amides is 2. The number of imide groups is 1. The maximum Gasteiger partial charge on any atom is 0.282 e. The molecular weight excluding hydrogens is 378 g/mol. The molecular formula is C24H27N3O3. The first-order chi connectivity index (χ1) is 14.4. The Morgan fingerprint density at radius 3 is 2.23 bits per heavy atom. The van der Waals surface area contributed by atoms with Crippen molar-refractivity contribution in [3.05, 3.63) is 64.9 Å². The van der Waals surface area contributed by atoms with Crippen molar-refractivity contribution in [2.24, 2.45) is 0 Å². The highest BCUT2D eigenvalue weighted by Gasteiger charge is 2.43. The summed E-state index contributed by atoms with van der Waals surface area (Å²) < 4.78 is 5.53. The van der Waals surface area contributed by atoms with Crippen LogP contribution in [0, 0.1) is 13.8 Å². The van der Waals surface area contributed by atoms with Crippen molar-refractivity contribution in [3.8, 4) is 5.75 Å². The number of likely N-dealkylation sites (N-methyl/N-ethyl adjacent to an activating group) is 1. The lowest BCUT2D eigenvalue weighted by Crippen LogP contribution is -2.46. The predicted molar refractivity (Wildman–Crippen MR) is 117 cm³/mol. The topological polar surface area (TPSA) is 53.1 Å². The number of ether oxygens (including phenoxy) is 1. The normalized spacial score (nSPS) is 17.9. The number of hydrogen-bond acceptors (Lipinski definition) is 5. The summed E-state index contributed by atoms with van der Waals surface area (Å²) in [6.07, 6.45) is 0. The van der Waals surface area contributed by atoms with E-state index in [1.165, 1.54) is 4.90 Å². The molecule has 30 heavy (non-hydrogen) atoms. The fourth-order valence-corrected chi connectivity index (χ4v) is 4.03. The molecule has 6 heteroatoms. The van der Waals surface area contributed by atoms with E-state index in [1.54, 1.807) is 7.11 Å². The molecule has 2 aliphatic rings. The molecule has 2 heterocycles. The van der Waals surface area contributed by atoms with Gasteiger partial charge in [-0.25, -0.2) is 4.90 Å². The zero-order valence-corrected chi connectivity index (χ0v) is 17.9. The van der Waals surface area contributed by atoms with E-state index < -0.39 is 0 Å². The minimum absolute atomic E-state index is 0.270. The quantitative estimate of drug-likeness (QED) is 0.733. The molecule has 0 radical (unpaired) electrons. The van der Waals surface area contributed by atoms with Crippen molar-refractivity contribution in [1.82, 2.24) is 9.80 Å². The molecule has 156 valence electrons. The number of carbonyl (C=O) groups is 2. The molecule has 0 bridgehead atoms. The summed E-state index contributed by atoms with van der Waals surface area (Å²) in [6, 6.07) is 13.1. The third-order valence-corrected chi connectivity index (χ3v) is 6.00. The van der Waals surface area contributed by atoms with Gasteiger partial charge in [-0.3, -0.25) is 9.59 Å². The minimum Gasteiger partial charge on any atom is -0.496 e. The van der Waals surface area contributed by atoms with E-state index in [0.29, 0.717) is 41.4 Å². The second-order valence-corrected chi connectivity index (χ2v) is 7.93. The molecule has 4 rings (SSSR count). The molecule has 2 amide bonds. The van der Waals surface area contributed by atoms with Crippen molar-refractivity contribution in [2.75, 3.05) is 45.2 Å². The molecule has 0 saturated carbocycles. The Bertz CT molecular complexity index is 1040. The number of anilines is 1. The number of methoxy groups -OCH3 is 1. The van der Waals surface area contributed by atoms with Crippen LogP contribution in [0.15, 0.2) is 48.2 Å². The van der Waals surface area contributed by atoms with Gasteiger partial charge in [-0.15, -0.1) is 0 Å². The first kappa shape index (κ1) is 20.2. The van der Waals surface area contributed by atoms with Gasteiger partial charge in [-0.2, -0.15) is 0 Å². The summed E-state index contributed by atoms with van der Waals surface area (Å²) in [5.74, 6) is 0.0117. The average molecular weight is 405 g/mol. The highest BCUT2D eigenvalue weighted by molar-refractivity contribution is 6.45. The third-order valence-electron chi connectivity index (χ3n) is 6.00. The Hall–Kier alpha value is -3.12. The first-order valence-corrected chi connectivity index (χ1v) is 10.2. The molecule has 1 saturated heterocycles. The van der Waals surface area contributed by atoms with Gasteiger partial charge in [0, 0.05) is 31.7 Å². The molecule has 0 unspecified atom stereocenters. The number of piperazine rings is 1. The highest BCUT2D eigenvalue weighted by Crippen LogP contribution is 2.38. The second-order valence-electron chi connectivity index (χ2n) is 7.93. The van der Waals surface area contributed by atoms with Crippen LogP contribution in [0.3, 0.4) is 0 Å². The predicted octanol–water partition coefficient (Wildman–Crippen LogP) is 2.84. The number of benzene rings is 2. The number of carbonyl (C=O) groups excluding carboxylic acids is 2. The van der Waals surface area contributed by atoms with Gasteiger partial charge in [0.05, 0.1) is 18.4 Å². The second kappa shape index (κ2) is 7.95. The summed E-state index contributed by atoms with van der Waals surface area (Å²) in [6.45, 7) is 7.08. The molecule has 2 aromatic rings. The maximum atomic E-state index is 13.7. The van der Waals surface area contributed by atoms with Gasteiger partial charge in [0.2, 0.25) is 0 Å².